The second-order valence-corrected chi connectivity index (χ2v) is 11.5. The van der Waals surface area contributed by atoms with Crippen molar-refractivity contribution in [1.29, 1.82) is 0 Å². The number of carbonyl (C=O) groups is 1. The molecule has 5 unspecified atom stereocenters. The van der Waals surface area contributed by atoms with Crippen LogP contribution in [-0.2, 0) is 24.2 Å². The lowest BCUT2D eigenvalue weighted by Crippen LogP contribution is -2.28. The van der Waals surface area contributed by atoms with Gasteiger partial charge in [-0.05, 0) is 54.2 Å². The van der Waals surface area contributed by atoms with E-state index < -0.39 is 23.6 Å². The quantitative estimate of drug-likeness (QED) is 0.268. The normalized spacial score (nSPS) is 24.6. The lowest BCUT2D eigenvalue weighted by molar-refractivity contribution is 0.0211. The molecule has 6 atom stereocenters. The zero-order valence-corrected chi connectivity index (χ0v) is 22.0. The Labute approximate surface area is 225 Å². The van der Waals surface area contributed by atoms with E-state index in [9.17, 15) is 15.0 Å². The van der Waals surface area contributed by atoms with Crippen molar-refractivity contribution < 1.29 is 24.9 Å². The maximum absolute atomic E-state index is 11.2. The van der Waals surface area contributed by atoms with Crippen LogP contribution in [0.1, 0.15) is 43.8 Å². The van der Waals surface area contributed by atoms with Crippen LogP contribution in [0.15, 0.2) is 66.7 Å². The van der Waals surface area contributed by atoms with E-state index in [1.165, 1.54) is 6.07 Å². The Bertz CT molecular complexity index is 1140. The van der Waals surface area contributed by atoms with E-state index in [0.29, 0.717) is 6.42 Å². The summed E-state index contributed by atoms with van der Waals surface area (Å²) in [7, 11) is 0. The van der Waals surface area contributed by atoms with Gasteiger partial charge in [0.2, 0.25) is 0 Å². The van der Waals surface area contributed by atoms with Gasteiger partial charge >= 0.3 is 5.97 Å². The lowest BCUT2D eigenvalue weighted by Gasteiger charge is -2.23. The Morgan fingerprint density at radius 1 is 0.972 bits per heavy atom. The molecule has 4 rings (SSSR count). The van der Waals surface area contributed by atoms with Crippen molar-refractivity contribution in [2.75, 3.05) is 6.61 Å². The molecule has 5 nitrogen and oxygen atoms in total. The van der Waals surface area contributed by atoms with Crippen molar-refractivity contribution in [3.63, 3.8) is 0 Å². The lowest BCUT2D eigenvalue weighted by atomic mass is 9.90. The first-order valence-corrected chi connectivity index (χ1v) is 13.7. The number of aromatic carboxylic acids is 1. The van der Waals surface area contributed by atoms with Gasteiger partial charge < -0.3 is 20.1 Å². The minimum atomic E-state index is -0.984. The Morgan fingerprint density at radius 3 is 2.47 bits per heavy atom. The largest absolute Gasteiger partial charge is 0.478 e. The first-order chi connectivity index (χ1) is 17.3. The highest BCUT2D eigenvalue weighted by atomic mass is 35.5. The van der Waals surface area contributed by atoms with Crippen LogP contribution in [0.25, 0.3) is 0 Å². The van der Waals surface area contributed by atoms with Crippen molar-refractivity contribution >= 4 is 40.5 Å². The fourth-order valence-corrected chi connectivity index (χ4v) is 6.66. The summed E-state index contributed by atoms with van der Waals surface area (Å²) < 4.78 is 5.88. The second-order valence-electron chi connectivity index (χ2n) is 9.28. The molecule has 192 valence electrons. The number of aliphatic hydroxyl groups is 2. The van der Waals surface area contributed by atoms with Crippen LogP contribution in [0.5, 0.6) is 0 Å². The molecule has 1 saturated carbocycles. The molecule has 3 N–H and O–H groups in total. The van der Waals surface area contributed by atoms with Gasteiger partial charge in [-0.1, -0.05) is 42.5 Å². The van der Waals surface area contributed by atoms with Crippen molar-refractivity contribution in [2.24, 2.45) is 11.8 Å². The first kappa shape index (κ1) is 27.1. The maximum atomic E-state index is 11.2. The molecule has 0 aliphatic heterocycles. The third-order valence-electron chi connectivity index (χ3n) is 6.79. The molecule has 0 radical (unpaired) electrons. The molecule has 1 aliphatic rings. The summed E-state index contributed by atoms with van der Waals surface area (Å²) in [6.07, 6.45) is 0.752. The van der Waals surface area contributed by atoms with Gasteiger partial charge in [-0.2, -0.15) is 0 Å². The van der Waals surface area contributed by atoms with Crippen molar-refractivity contribution in [2.45, 2.75) is 48.8 Å². The number of carboxylic acid groups (broad SMARTS) is 1. The topological polar surface area (TPSA) is 87.0 Å². The van der Waals surface area contributed by atoms with Crippen LogP contribution < -0.4 is 0 Å². The summed E-state index contributed by atoms with van der Waals surface area (Å²) in [5.41, 5.74) is 2.06. The highest BCUT2D eigenvalue weighted by Gasteiger charge is 2.48. The Balaban J connectivity index is 1.33. The van der Waals surface area contributed by atoms with Gasteiger partial charge in [-0.3, -0.25) is 0 Å². The standard InChI is InChI=1S/C28H30Cl2O5S/c29-25-21(11-9-20-10-12-24(36-20)23(31)14-17-5-2-1-3-6-17)22(27(32)26(25)30)16-35-15-18-7-4-8-19(13-18)28(33)34/h1-8,10,12-13,21-23,25-27,31-32H,9,11,14-16H2,(H,33,34)/t21?,22-,23?,25?,26?,27?/m1/s1. The number of rotatable bonds is 11. The molecule has 0 amide bonds. The zero-order chi connectivity index (χ0) is 25.7. The zero-order valence-electron chi connectivity index (χ0n) is 19.7. The van der Waals surface area contributed by atoms with Gasteiger partial charge in [0.05, 0.1) is 41.7 Å². The Morgan fingerprint density at radius 2 is 1.72 bits per heavy atom. The molecule has 1 fully saturated rings. The van der Waals surface area contributed by atoms with Crippen LogP contribution in [-0.4, -0.2) is 44.8 Å². The number of halogens is 2. The summed E-state index contributed by atoms with van der Waals surface area (Å²) in [6.45, 7) is 0.519. The highest BCUT2D eigenvalue weighted by Crippen LogP contribution is 2.42. The predicted octanol–water partition coefficient (Wildman–Crippen LogP) is 5.69. The summed E-state index contributed by atoms with van der Waals surface area (Å²) in [6, 6.07) is 20.6. The molecule has 0 bridgehead atoms. The third kappa shape index (κ3) is 6.68. The number of aryl methyl sites for hydroxylation is 1. The number of aliphatic hydroxyl groups excluding tert-OH is 2. The number of hydrogen-bond acceptors (Lipinski definition) is 5. The molecular weight excluding hydrogens is 519 g/mol. The van der Waals surface area contributed by atoms with Crippen LogP contribution in [0, 0.1) is 11.8 Å². The summed E-state index contributed by atoms with van der Waals surface area (Å²) in [4.78, 5) is 13.3. The number of hydrogen-bond donors (Lipinski definition) is 3. The fourth-order valence-electron chi connectivity index (χ4n) is 4.81. The molecule has 2 aromatic carbocycles. The maximum Gasteiger partial charge on any atom is 0.335 e. The van der Waals surface area contributed by atoms with Gasteiger partial charge in [0.25, 0.3) is 0 Å². The average molecular weight is 550 g/mol. The summed E-state index contributed by atoms with van der Waals surface area (Å²) in [5.74, 6) is -1.24. The van der Waals surface area contributed by atoms with Gasteiger partial charge in [0.1, 0.15) is 0 Å². The van der Waals surface area contributed by atoms with E-state index >= 15 is 0 Å². The monoisotopic (exact) mass is 548 g/mol. The molecule has 1 heterocycles. The van der Waals surface area contributed by atoms with E-state index in [1.54, 1.807) is 23.5 Å². The van der Waals surface area contributed by atoms with Gasteiger partial charge in [0, 0.05) is 22.1 Å². The smallest absolute Gasteiger partial charge is 0.335 e. The number of thiophene rings is 1. The van der Waals surface area contributed by atoms with Crippen molar-refractivity contribution in [3.8, 4) is 0 Å². The minimum Gasteiger partial charge on any atom is -0.478 e. The van der Waals surface area contributed by atoms with E-state index in [1.807, 2.05) is 48.5 Å². The summed E-state index contributed by atoms with van der Waals surface area (Å²) in [5, 5.41) is 29.6. The molecule has 0 saturated heterocycles. The molecule has 3 aromatic rings. The van der Waals surface area contributed by atoms with Crippen molar-refractivity contribution in [1.82, 2.24) is 0 Å². The molecule has 8 heteroatoms. The van der Waals surface area contributed by atoms with Crippen LogP contribution in [0.4, 0.5) is 0 Å². The number of ether oxygens (including phenoxy) is 1. The van der Waals surface area contributed by atoms with E-state index in [2.05, 4.69) is 0 Å². The number of benzene rings is 2. The number of alkyl halides is 2. The average Bonchev–Trinajstić information content (AvgIpc) is 3.43. The van der Waals surface area contributed by atoms with E-state index in [0.717, 1.165) is 33.7 Å². The predicted molar refractivity (Wildman–Crippen MR) is 143 cm³/mol. The Kier molecular flexibility index (Phi) is 9.45. The van der Waals surface area contributed by atoms with Crippen LogP contribution in [0.3, 0.4) is 0 Å². The molecule has 1 aliphatic carbocycles. The van der Waals surface area contributed by atoms with Crippen LogP contribution >= 0.6 is 34.5 Å². The second kappa shape index (κ2) is 12.5. The molecule has 36 heavy (non-hydrogen) atoms. The third-order valence-corrected chi connectivity index (χ3v) is 9.29. The molecular formula is C28H30Cl2O5S. The Hall–Kier alpha value is -1.93. The fraction of sp³-hybridized carbons (Fsp3) is 0.393. The van der Waals surface area contributed by atoms with E-state index in [4.69, 9.17) is 33.0 Å². The number of carboxylic acids is 1. The van der Waals surface area contributed by atoms with E-state index in [-0.39, 0.29) is 36.0 Å². The SMILES string of the molecule is O=C(O)c1cccc(COC[C@H]2C(O)C(Cl)C(Cl)C2CCc2ccc(C(O)Cc3ccccc3)s2)c1. The van der Waals surface area contributed by atoms with Crippen LogP contribution in [0.2, 0.25) is 0 Å². The van der Waals surface area contributed by atoms with Crippen molar-refractivity contribution in [3.05, 3.63) is 93.2 Å². The van der Waals surface area contributed by atoms with Gasteiger partial charge in [-0.15, -0.1) is 34.5 Å². The van der Waals surface area contributed by atoms with Gasteiger partial charge in [-0.25, -0.2) is 4.79 Å². The molecule has 1 aromatic heterocycles. The van der Waals surface area contributed by atoms with Gasteiger partial charge in [0.15, 0.2) is 0 Å². The first-order valence-electron chi connectivity index (χ1n) is 12.0. The highest BCUT2D eigenvalue weighted by molar-refractivity contribution is 7.12. The minimum absolute atomic E-state index is 0.0330. The molecule has 0 spiro atoms. The summed E-state index contributed by atoms with van der Waals surface area (Å²) >= 11 is 14.7.